The number of rotatable bonds is 10. The van der Waals surface area contributed by atoms with Gasteiger partial charge in [-0.3, -0.25) is 9.59 Å². The van der Waals surface area contributed by atoms with Crippen LogP contribution in [0.25, 0.3) is 0 Å². The summed E-state index contributed by atoms with van der Waals surface area (Å²) in [5.41, 5.74) is 7.86. The Morgan fingerprint density at radius 1 is 1.00 bits per heavy atom. The number of carboxylic acids is 2. The van der Waals surface area contributed by atoms with E-state index in [1.807, 2.05) is 0 Å². The van der Waals surface area contributed by atoms with E-state index in [4.69, 9.17) is 5.73 Å². The summed E-state index contributed by atoms with van der Waals surface area (Å²) in [4.78, 5) is 23.4. The predicted molar refractivity (Wildman–Crippen MR) is 148 cm³/mol. The molecule has 0 saturated heterocycles. The van der Waals surface area contributed by atoms with Gasteiger partial charge in [0.25, 0.3) is 0 Å². The molecule has 210 valence electrons. The van der Waals surface area contributed by atoms with Crippen molar-refractivity contribution in [3.8, 4) is 0 Å². The van der Waals surface area contributed by atoms with Gasteiger partial charge >= 0.3 is 11.9 Å². The lowest BCUT2D eigenvalue weighted by molar-refractivity contribution is -0.146. The first-order valence-corrected chi connectivity index (χ1v) is 15.3. The van der Waals surface area contributed by atoms with Crippen LogP contribution in [0.1, 0.15) is 112 Å². The average molecular weight is 516 g/mol. The second-order valence-corrected chi connectivity index (χ2v) is 14.4. The molecule has 0 bridgehead atoms. The van der Waals surface area contributed by atoms with Gasteiger partial charge in [0.2, 0.25) is 0 Å². The number of hydrogen-bond acceptors (Lipinski definition) is 3. The zero-order valence-corrected chi connectivity index (χ0v) is 24.0. The molecule has 37 heavy (non-hydrogen) atoms. The van der Waals surface area contributed by atoms with Crippen LogP contribution in [0.5, 0.6) is 0 Å². The normalized spacial score (nSPS) is 39.6. The fraction of sp³-hybridized carbons (Fsp3) is 0.875. The third kappa shape index (κ3) is 5.40. The Balaban J connectivity index is 1.47. The molecule has 5 nitrogen and oxygen atoms in total. The highest BCUT2D eigenvalue weighted by Gasteiger charge is 2.59. The fourth-order valence-corrected chi connectivity index (χ4v) is 9.93. The predicted octanol–water partition coefficient (Wildman–Crippen LogP) is 7.15. The number of carbonyl (C=O) groups is 2. The van der Waals surface area contributed by atoms with Crippen LogP contribution in [0.3, 0.4) is 0 Å². The molecule has 4 N–H and O–H groups in total. The highest BCUT2D eigenvalue weighted by Crippen LogP contribution is 2.67. The van der Waals surface area contributed by atoms with Crippen molar-refractivity contribution in [2.24, 2.45) is 63.9 Å². The summed E-state index contributed by atoms with van der Waals surface area (Å²) >= 11 is 0. The molecule has 0 spiro atoms. The first-order chi connectivity index (χ1) is 17.4. The van der Waals surface area contributed by atoms with Gasteiger partial charge in [-0.2, -0.15) is 0 Å². The van der Waals surface area contributed by atoms with Gasteiger partial charge in [0.05, 0.1) is 5.92 Å². The number of fused-ring (bicyclic) bond motifs is 5. The summed E-state index contributed by atoms with van der Waals surface area (Å²) in [5.74, 6) is 2.04. The topological polar surface area (TPSA) is 101 Å². The molecule has 4 aliphatic rings. The maximum atomic E-state index is 12.1. The Morgan fingerprint density at radius 3 is 2.38 bits per heavy atom. The number of nitrogens with two attached hydrogens (primary N) is 1. The maximum Gasteiger partial charge on any atom is 0.320 e. The molecule has 10 atom stereocenters. The average Bonchev–Trinajstić information content (AvgIpc) is 3.18. The second kappa shape index (κ2) is 11.0. The van der Waals surface area contributed by atoms with E-state index >= 15 is 0 Å². The zero-order chi connectivity index (χ0) is 27.1. The molecule has 0 heterocycles. The van der Waals surface area contributed by atoms with Crippen molar-refractivity contribution < 1.29 is 19.8 Å². The standard InChI is InChI=1S/C32H53NO4/c1-19(2)7-6-8-20(3)25-11-12-26-23-10-9-22-17-21(24(29(34)35)18-28(33)30(36)37)13-15-31(22,4)27(23)14-16-32(25,26)5/h9,19-21,23-28H,6-8,10-18,33H2,1-5H3,(H,34,35)(H,36,37)/t20-,21?,23?,24?,25-,26?,27?,28+,31+,32-/m1/s1. The third-order valence-corrected chi connectivity index (χ3v) is 12.1. The van der Waals surface area contributed by atoms with E-state index in [0.717, 1.165) is 55.3 Å². The van der Waals surface area contributed by atoms with Crippen molar-refractivity contribution in [2.75, 3.05) is 0 Å². The third-order valence-electron chi connectivity index (χ3n) is 12.1. The van der Waals surface area contributed by atoms with Crippen LogP contribution in [0.4, 0.5) is 0 Å². The molecule has 3 fully saturated rings. The van der Waals surface area contributed by atoms with Gasteiger partial charge in [-0.25, -0.2) is 0 Å². The lowest BCUT2D eigenvalue weighted by Crippen LogP contribution is -2.51. The lowest BCUT2D eigenvalue weighted by atomic mass is 9.46. The lowest BCUT2D eigenvalue weighted by Gasteiger charge is -2.59. The highest BCUT2D eigenvalue weighted by molar-refractivity contribution is 5.76. The van der Waals surface area contributed by atoms with E-state index in [-0.39, 0.29) is 17.8 Å². The second-order valence-electron chi connectivity index (χ2n) is 14.4. The summed E-state index contributed by atoms with van der Waals surface area (Å²) in [6.07, 6.45) is 15.8. The van der Waals surface area contributed by atoms with Gasteiger partial charge in [-0.15, -0.1) is 0 Å². The van der Waals surface area contributed by atoms with E-state index in [9.17, 15) is 19.8 Å². The van der Waals surface area contributed by atoms with Gasteiger partial charge in [-0.05, 0) is 110 Å². The van der Waals surface area contributed by atoms with Crippen molar-refractivity contribution in [1.82, 2.24) is 0 Å². The first-order valence-electron chi connectivity index (χ1n) is 15.3. The minimum atomic E-state index is -1.11. The monoisotopic (exact) mass is 515 g/mol. The van der Waals surface area contributed by atoms with Crippen LogP contribution in [0.2, 0.25) is 0 Å². The van der Waals surface area contributed by atoms with Crippen molar-refractivity contribution in [3.05, 3.63) is 11.6 Å². The van der Waals surface area contributed by atoms with Crippen LogP contribution in [-0.4, -0.2) is 28.2 Å². The van der Waals surface area contributed by atoms with Gasteiger partial charge in [-0.1, -0.05) is 65.5 Å². The van der Waals surface area contributed by atoms with Crippen molar-refractivity contribution in [3.63, 3.8) is 0 Å². The highest BCUT2D eigenvalue weighted by atomic mass is 16.4. The maximum absolute atomic E-state index is 12.1. The Hall–Kier alpha value is -1.36. The van der Waals surface area contributed by atoms with E-state index in [1.165, 1.54) is 50.5 Å². The summed E-state index contributed by atoms with van der Waals surface area (Å²) in [5, 5.41) is 19.2. The molecule has 0 aromatic heterocycles. The van der Waals surface area contributed by atoms with E-state index in [2.05, 4.69) is 40.7 Å². The Morgan fingerprint density at radius 2 is 1.73 bits per heavy atom. The van der Waals surface area contributed by atoms with Crippen molar-refractivity contribution in [2.45, 2.75) is 118 Å². The molecular formula is C32H53NO4. The van der Waals surface area contributed by atoms with Crippen LogP contribution in [0.15, 0.2) is 11.6 Å². The summed E-state index contributed by atoms with van der Waals surface area (Å²) < 4.78 is 0. The quantitative estimate of drug-likeness (QED) is 0.268. The minimum absolute atomic E-state index is 0.0164. The minimum Gasteiger partial charge on any atom is -0.481 e. The van der Waals surface area contributed by atoms with Crippen molar-refractivity contribution in [1.29, 1.82) is 0 Å². The number of aliphatic carboxylic acids is 2. The molecule has 5 heteroatoms. The van der Waals surface area contributed by atoms with Gasteiger partial charge in [0.1, 0.15) is 6.04 Å². The molecule has 0 aromatic rings. The fourth-order valence-electron chi connectivity index (χ4n) is 9.93. The summed E-state index contributed by atoms with van der Waals surface area (Å²) in [6, 6.07) is -1.11. The molecule has 4 aliphatic carbocycles. The van der Waals surface area contributed by atoms with Crippen molar-refractivity contribution >= 4 is 11.9 Å². The largest absolute Gasteiger partial charge is 0.481 e. The molecule has 0 radical (unpaired) electrons. The number of hydrogen-bond donors (Lipinski definition) is 3. The molecule has 0 amide bonds. The van der Waals surface area contributed by atoms with Crippen LogP contribution >= 0.6 is 0 Å². The molecule has 0 aromatic carbocycles. The van der Waals surface area contributed by atoms with Gasteiger partial charge < -0.3 is 15.9 Å². The molecule has 5 unspecified atom stereocenters. The number of allylic oxidation sites excluding steroid dienone is 2. The summed E-state index contributed by atoms with van der Waals surface area (Å²) in [6.45, 7) is 12.3. The molecule has 4 rings (SSSR count). The van der Waals surface area contributed by atoms with Crippen LogP contribution in [0, 0.1) is 58.2 Å². The SMILES string of the molecule is CC(C)CCC[C@@H](C)[C@H]1CCC2C3CC=C4CC(C(C[C@H](N)C(=O)O)C(=O)O)CC[C@]4(C)C3CC[C@@]21C. The van der Waals surface area contributed by atoms with Crippen LogP contribution in [-0.2, 0) is 9.59 Å². The Labute approximate surface area is 225 Å². The summed E-state index contributed by atoms with van der Waals surface area (Å²) in [7, 11) is 0. The number of carboxylic acid groups (broad SMARTS) is 2. The molecule has 3 saturated carbocycles. The van der Waals surface area contributed by atoms with E-state index < -0.39 is 23.9 Å². The Bertz CT molecular complexity index is 882. The van der Waals surface area contributed by atoms with Gasteiger partial charge in [0.15, 0.2) is 0 Å². The van der Waals surface area contributed by atoms with Gasteiger partial charge in [0, 0.05) is 0 Å². The Kier molecular flexibility index (Phi) is 8.53. The van der Waals surface area contributed by atoms with E-state index in [1.54, 1.807) is 0 Å². The molecular weight excluding hydrogens is 462 g/mol. The van der Waals surface area contributed by atoms with Crippen LogP contribution < -0.4 is 5.73 Å². The van der Waals surface area contributed by atoms with E-state index in [0.29, 0.717) is 11.3 Å². The molecule has 0 aliphatic heterocycles. The zero-order valence-electron chi connectivity index (χ0n) is 24.0. The smallest absolute Gasteiger partial charge is 0.320 e. The first kappa shape index (κ1) is 28.6.